The van der Waals surface area contributed by atoms with Gasteiger partial charge < -0.3 is 19.7 Å². The number of carbonyl (C=O) groups is 1. The predicted octanol–water partition coefficient (Wildman–Crippen LogP) is 0.925. The normalized spacial score (nSPS) is 39.4. The van der Waals surface area contributed by atoms with Crippen LogP contribution < -0.4 is 5.32 Å². The molecule has 0 radical (unpaired) electrons. The van der Waals surface area contributed by atoms with Crippen LogP contribution in [-0.2, 0) is 14.3 Å². The van der Waals surface area contributed by atoms with E-state index in [0.29, 0.717) is 31.8 Å². The molecule has 5 nitrogen and oxygen atoms in total. The fourth-order valence-corrected chi connectivity index (χ4v) is 4.49. The molecule has 3 atom stereocenters. The molecular formula is C16H26N2O3. The Morgan fingerprint density at radius 3 is 2.86 bits per heavy atom. The molecule has 1 amide bonds. The maximum Gasteiger partial charge on any atom is 0.222 e. The lowest BCUT2D eigenvalue weighted by molar-refractivity contribution is -0.120. The summed E-state index contributed by atoms with van der Waals surface area (Å²) in [7, 11) is 0. The van der Waals surface area contributed by atoms with Crippen molar-refractivity contribution in [2.24, 2.45) is 5.92 Å². The summed E-state index contributed by atoms with van der Waals surface area (Å²) in [5, 5.41) is 3.01. The number of carbonyl (C=O) groups excluding carboxylic acids is 1. The van der Waals surface area contributed by atoms with Crippen molar-refractivity contribution >= 4 is 5.91 Å². The molecule has 21 heavy (non-hydrogen) atoms. The highest BCUT2D eigenvalue weighted by Gasteiger charge is 2.43. The largest absolute Gasteiger partial charge is 0.375 e. The van der Waals surface area contributed by atoms with E-state index in [1.165, 1.54) is 25.8 Å². The Bertz CT molecular complexity index is 406. The van der Waals surface area contributed by atoms with Gasteiger partial charge in [-0.05, 0) is 32.1 Å². The minimum atomic E-state index is -0.103. The van der Waals surface area contributed by atoms with Crippen molar-refractivity contribution in [1.29, 1.82) is 0 Å². The summed E-state index contributed by atoms with van der Waals surface area (Å²) in [6.07, 6.45) is 7.47. The van der Waals surface area contributed by atoms with Gasteiger partial charge in [0, 0.05) is 38.5 Å². The molecule has 4 aliphatic rings. The van der Waals surface area contributed by atoms with E-state index in [9.17, 15) is 4.79 Å². The fourth-order valence-electron chi connectivity index (χ4n) is 4.49. The summed E-state index contributed by atoms with van der Waals surface area (Å²) in [6.45, 7) is 4.63. The van der Waals surface area contributed by atoms with Crippen LogP contribution in [0.1, 0.15) is 38.5 Å². The van der Waals surface area contributed by atoms with Crippen LogP contribution in [0.4, 0.5) is 0 Å². The summed E-state index contributed by atoms with van der Waals surface area (Å²) in [5.74, 6) is 0.876. The third-order valence-corrected chi connectivity index (χ3v) is 5.84. The number of piperidine rings is 1. The summed E-state index contributed by atoms with van der Waals surface area (Å²) < 4.78 is 12.0. The van der Waals surface area contributed by atoms with Crippen LogP contribution in [0, 0.1) is 5.92 Å². The van der Waals surface area contributed by atoms with Crippen LogP contribution in [0.15, 0.2) is 0 Å². The van der Waals surface area contributed by atoms with Gasteiger partial charge in [0.25, 0.3) is 0 Å². The number of fused-ring (bicyclic) bond motifs is 2. The first-order chi connectivity index (χ1) is 10.2. The maximum absolute atomic E-state index is 11.5. The minimum absolute atomic E-state index is 0.103. The molecule has 4 saturated heterocycles. The van der Waals surface area contributed by atoms with Gasteiger partial charge in [-0.25, -0.2) is 0 Å². The van der Waals surface area contributed by atoms with E-state index in [1.807, 2.05) is 0 Å². The monoisotopic (exact) mass is 294 g/mol. The van der Waals surface area contributed by atoms with E-state index in [2.05, 4.69) is 10.2 Å². The van der Waals surface area contributed by atoms with Gasteiger partial charge in [0.15, 0.2) is 0 Å². The van der Waals surface area contributed by atoms with Crippen molar-refractivity contribution in [1.82, 2.24) is 10.2 Å². The van der Waals surface area contributed by atoms with Crippen LogP contribution in [0.25, 0.3) is 0 Å². The lowest BCUT2D eigenvalue weighted by Crippen LogP contribution is -2.52. The molecule has 4 fully saturated rings. The molecule has 4 aliphatic heterocycles. The van der Waals surface area contributed by atoms with Crippen LogP contribution in [-0.4, -0.2) is 61.4 Å². The predicted molar refractivity (Wildman–Crippen MR) is 78.0 cm³/mol. The molecule has 0 unspecified atom stereocenters. The average molecular weight is 294 g/mol. The highest BCUT2D eigenvalue weighted by molar-refractivity contribution is 5.76. The van der Waals surface area contributed by atoms with E-state index in [0.717, 1.165) is 31.8 Å². The van der Waals surface area contributed by atoms with Gasteiger partial charge in [0.05, 0.1) is 24.4 Å². The Morgan fingerprint density at radius 1 is 1.29 bits per heavy atom. The van der Waals surface area contributed by atoms with E-state index >= 15 is 0 Å². The van der Waals surface area contributed by atoms with Gasteiger partial charge >= 0.3 is 0 Å². The number of nitrogens with one attached hydrogen (secondary N) is 1. The van der Waals surface area contributed by atoms with Crippen LogP contribution in [0.2, 0.25) is 0 Å². The summed E-state index contributed by atoms with van der Waals surface area (Å²) >= 11 is 0. The average Bonchev–Trinajstić information content (AvgIpc) is 3.05. The van der Waals surface area contributed by atoms with Crippen molar-refractivity contribution < 1.29 is 14.3 Å². The topological polar surface area (TPSA) is 50.8 Å². The SMILES string of the molecule is O=C1CCOC2(CCN(C[C@H]3C[C@@H]4CC[C@H]3O4)CC2)CN1. The van der Waals surface area contributed by atoms with Gasteiger partial charge in [-0.2, -0.15) is 0 Å². The van der Waals surface area contributed by atoms with Gasteiger partial charge in [0.2, 0.25) is 5.91 Å². The molecule has 2 bridgehead atoms. The molecule has 1 spiro atoms. The van der Waals surface area contributed by atoms with Crippen molar-refractivity contribution in [3.05, 3.63) is 0 Å². The lowest BCUT2D eigenvalue weighted by atomic mass is 9.86. The Morgan fingerprint density at radius 2 is 2.14 bits per heavy atom. The molecule has 4 heterocycles. The van der Waals surface area contributed by atoms with Gasteiger partial charge in [0.1, 0.15) is 0 Å². The fraction of sp³-hybridized carbons (Fsp3) is 0.938. The van der Waals surface area contributed by atoms with Crippen LogP contribution >= 0.6 is 0 Å². The van der Waals surface area contributed by atoms with Crippen LogP contribution in [0.5, 0.6) is 0 Å². The first-order valence-electron chi connectivity index (χ1n) is 8.51. The van der Waals surface area contributed by atoms with Gasteiger partial charge in [-0.3, -0.25) is 4.79 Å². The lowest BCUT2D eigenvalue weighted by Gasteiger charge is -2.41. The van der Waals surface area contributed by atoms with Crippen molar-refractivity contribution in [3.63, 3.8) is 0 Å². The number of amides is 1. The zero-order chi connectivity index (χ0) is 14.3. The molecule has 4 rings (SSSR count). The number of hydrogen-bond donors (Lipinski definition) is 1. The highest BCUT2D eigenvalue weighted by atomic mass is 16.5. The van der Waals surface area contributed by atoms with Gasteiger partial charge in [-0.15, -0.1) is 0 Å². The number of nitrogens with zero attached hydrogens (tertiary/aromatic N) is 1. The van der Waals surface area contributed by atoms with E-state index in [-0.39, 0.29) is 11.5 Å². The molecule has 1 N–H and O–H groups in total. The number of hydrogen-bond acceptors (Lipinski definition) is 4. The molecule has 5 heteroatoms. The zero-order valence-electron chi connectivity index (χ0n) is 12.7. The van der Waals surface area contributed by atoms with E-state index in [1.54, 1.807) is 0 Å². The second-order valence-corrected chi connectivity index (χ2v) is 7.23. The van der Waals surface area contributed by atoms with Crippen molar-refractivity contribution in [3.8, 4) is 0 Å². The molecule has 0 aromatic heterocycles. The number of rotatable bonds is 2. The van der Waals surface area contributed by atoms with Crippen LogP contribution in [0.3, 0.4) is 0 Å². The maximum atomic E-state index is 11.5. The smallest absolute Gasteiger partial charge is 0.222 e. The quantitative estimate of drug-likeness (QED) is 0.823. The standard InChI is InChI=1S/C16H26N2O3/c19-15-3-8-20-16(11-17-15)4-6-18(7-5-16)10-12-9-13-1-2-14(12)21-13/h12-14H,1-11H2,(H,17,19)/t12-,13+,14-/m1/s1. The third kappa shape index (κ3) is 2.83. The number of ether oxygens (including phenoxy) is 2. The Kier molecular flexibility index (Phi) is 3.67. The summed E-state index contributed by atoms with van der Waals surface area (Å²) in [5.41, 5.74) is -0.103. The van der Waals surface area contributed by atoms with Crippen molar-refractivity contribution in [2.75, 3.05) is 32.8 Å². The Balaban J connectivity index is 1.29. The first kappa shape index (κ1) is 14.0. The first-order valence-corrected chi connectivity index (χ1v) is 8.51. The third-order valence-electron chi connectivity index (χ3n) is 5.84. The van der Waals surface area contributed by atoms with Crippen molar-refractivity contribution in [2.45, 2.75) is 56.3 Å². The summed E-state index contributed by atoms with van der Waals surface area (Å²) in [6, 6.07) is 0. The summed E-state index contributed by atoms with van der Waals surface area (Å²) in [4.78, 5) is 14.0. The number of likely N-dealkylation sites (tertiary alicyclic amines) is 1. The zero-order valence-corrected chi connectivity index (χ0v) is 12.7. The van der Waals surface area contributed by atoms with E-state index < -0.39 is 0 Å². The van der Waals surface area contributed by atoms with E-state index in [4.69, 9.17) is 9.47 Å². The molecule has 0 aromatic rings. The Labute approximate surface area is 126 Å². The second-order valence-electron chi connectivity index (χ2n) is 7.23. The second kappa shape index (κ2) is 5.52. The Hall–Kier alpha value is -0.650. The minimum Gasteiger partial charge on any atom is -0.375 e. The molecule has 118 valence electrons. The molecular weight excluding hydrogens is 268 g/mol. The highest BCUT2D eigenvalue weighted by Crippen LogP contribution is 2.39. The molecule has 0 aliphatic carbocycles. The molecule has 0 saturated carbocycles. The molecule has 0 aromatic carbocycles. The van der Waals surface area contributed by atoms with Gasteiger partial charge in [-0.1, -0.05) is 0 Å².